The number of rotatable bonds is 6. The quantitative estimate of drug-likeness (QED) is 0.330. The number of aromatic nitrogens is 5. The number of piperazine rings is 1. The number of anilines is 2. The molecule has 1 saturated heterocycles. The first-order valence-electron chi connectivity index (χ1n) is 13.2. The van der Waals surface area contributed by atoms with Gasteiger partial charge in [0.05, 0.1) is 11.7 Å². The average molecular weight is 559 g/mol. The van der Waals surface area contributed by atoms with Crippen LogP contribution in [0.2, 0.25) is 0 Å². The van der Waals surface area contributed by atoms with Crippen molar-refractivity contribution in [1.29, 1.82) is 0 Å². The monoisotopic (exact) mass is 558 g/mol. The van der Waals surface area contributed by atoms with Crippen LogP contribution in [-0.4, -0.2) is 73.2 Å². The van der Waals surface area contributed by atoms with E-state index in [1.165, 1.54) is 6.07 Å². The number of hydrogen-bond acceptors (Lipinski definition) is 7. The number of fused-ring (bicyclic) bond motifs is 3. The smallest absolute Gasteiger partial charge is 0.316 e. The molecule has 1 atom stereocenters. The number of pyridine rings is 1. The zero-order valence-corrected chi connectivity index (χ0v) is 21.7. The number of nitrogens with zero attached hydrogens (tertiary/aromatic N) is 7. The summed E-state index contributed by atoms with van der Waals surface area (Å²) in [7, 11) is 0. The molecule has 2 aliphatic heterocycles. The molecule has 8 nitrogen and oxygen atoms in total. The summed E-state index contributed by atoms with van der Waals surface area (Å²) in [6.07, 6.45) is -1.94. The van der Waals surface area contributed by atoms with Crippen molar-refractivity contribution in [1.82, 2.24) is 34.3 Å². The van der Waals surface area contributed by atoms with Crippen molar-refractivity contribution < 1.29 is 22.0 Å². The van der Waals surface area contributed by atoms with Crippen molar-refractivity contribution in [2.24, 2.45) is 0 Å². The van der Waals surface area contributed by atoms with Gasteiger partial charge in [0.25, 0.3) is 0 Å². The predicted octanol–water partition coefficient (Wildman–Crippen LogP) is 5.10. The highest BCUT2D eigenvalue weighted by Gasteiger charge is 2.45. The minimum absolute atomic E-state index is 0.0134. The summed E-state index contributed by atoms with van der Waals surface area (Å²) in [4.78, 5) is 21.4. The zero-order valence-electron chi connectivity index (χ0n) is 21.7. The molecule has 1 fully saturated rings. The van der Waals surface area contributed by atoms with Crippen molar-refractivity contribution in [2.45, 2.75) is 38.5 Å². The van der Waals surface area contributed by atoms with Crippen LogP contribution < -0.4 is 5.32 Å². The summed E-state index contributed by atoms with van der Waals surface area (Å²) in [5.74, 6) is -1.10. The molecule has 3 aromatic heterocycles. The Kier molecular flexibility index (Phi) is 6.87. The normalized spacial score (nSPS) is 18.4. The Morgan fingerprint density at radius 3 is 2.42 bits per heavy atom. The largest absolute Gasteiger partial charge is 0.409 e. The fraction of sp³-hybridized carbons (Fsp3) is 0.407. The standard InChI is InChI=1S/C27H27F5N8/c1-2-38-7-9-39(10-8-38)15-16-3-5-22(33-13-16)35-26-34-14-19(29)24(37-26)17-11-18(28)25-20(12-17)40-21(27(30,31)32)4-6-23(40)36-25/h3,5,11-14,21H,2,4,6-10,15H2,1H3,(H,33,34,35,37). The van der Waals surface area contributed by atoms with Gasteiger partial charge in [-0.3, -0.25) is 4.90 Å². The summed E-state index contributed by atoms with van der Waals surface area (Å²) < 4.78 is 71.7. The molecule has 0 aliphatic carbocycles. The first-order valence-corrected chi connectivity index (χ1v) is 13.2. The Labute approximate surface area is 226 Å². The Balaban J connectivity index is 1.23. The van der Waals surface area contributed by atoms with Crippen molar-refractivity contribution in [2.75, 3.05) is 38.0 Å². The van der Waals surface area contributed by atoms with Gasteiger partial charge >= 0.3 is 6.18 Å². The minimum atomic E-state index is -4.52. The molecule has 1 aromatic carbocycles. The lowest BCUT2D eigenvalue weighted by molar-refractivity contribution is -0.164. The van der Waals surface area contributed by atoms with Crippen LogP contribution in [0.3, 0.4) is 0 Å². The van der Waals surface area contributed by atoms with Crippen molar-refractivity contribution >= 4 is 22.8 Å². The minimum Gasteiger partial charge on any atom is -0.316 e. The van der Waals surface area contributed by atoms with Gasteiger partial charge in [0, 0.05) is 50.9 Å². The van der Waals surface area contributed by atoms with Crippen LogP contribution in [-0.2, 0) is 13.0 Å². The van der Waals surface area contributed by atoms with Crippen LogP contribution in [0, 0.1) is 11.6 Å². The molecule has 5 heterocycles. The van der Waals surface area contributed by atoms with Gasteiger partial charge in [0.1, 0.15) is 28.9 Å². The van der Waals surface area contributed by atoms with Crippen LogP contribution in [0.5, 0.6) is 0 Å². The number of halogens is 5. The maximum Gasteiger partial charge on any atom is 0.409 e. The first kappa shape index (κ1) is 26.5. The second-order valence-corrected chi connectivity index (χ2v) is 10.1. The van der Waals surface area contributed by atoms with Gasteiger partial charge in [-0.2, -0.15) is 13.2 Å². The fourth-order valence-corrected chi connectivity index (χ4v) is 5.42. The summed E-state index contributed by atoms with van der Waals surface area (Å²) in [6, 6.07) is 4.21. The first-order chi connectivity index (χ1) is 19.2. The molecule has 0 amide bonds. The van der Waals surface area contributed by atoms with E-state index in [1.807, 2.05) is 6.07 Å². The molecule has 1 unspecified atom stereocenters. The van der Waals surface area contributed by atoms with E-state index in [0.29, 0.717) is 5.82 Å². The molecular formula is C27H27F5N8. The summed E-state index contributed by atoms with van der Waals surface area (Å²) in [5, 5.41) is 2.92. The third-order valence-corrected chi connectivity index (χ3v) is 7.55. The van der Waals surface area contributed by atoms with Crippen LogP contribution in [0.15, 0.2) is 36.7 Å². The summed E-state index contributed by atoms with van der Waals surface area (Å²) in [5.41, 5.74) is 0.543. The fourth-order valence-electron chi connectivity index (χ4n) is 5.42. The zero-order chi connectivity index (χ0) is 28.0. The molecular weight excluding hydrogens is 531 g/mol. The summed E-state index contributed by atoms with van der Waals surface area (Å²) >= 11 is 0. The molecule has 0 saturated carbocycles. The Bertz CT molecular complexity index is 1530. The van der Waals surface area contributed by atoms with Crippen LogP contribution >= 0.6 is 0 Å². The van der Waals surface area contributed by atoms with Crippen molar-refractivity contribution in [3.8, 4) is 11.3 Å². The number of nitrogens with one attached hydrogen (secondary N) is 1. The summed E-state index contributed by atoms with van der Waals surface area (Å²) in [6.45, 7) is 8.05. The highest BCUT2D eigenvalue weighted by atomic mass is 19.4. The Morgan fingerprint density at radius 1 is 0.950 bits per heavy atom. The number of aryl methyl sites for hydroxylation is 1. The topological polar surface area (TPSA) is 75.0 Å². The highest BCUT2D eigenvalue weighted by Crippen LogP contribution is 2.42. The van der Waals surface area contributed by atoms with E-state index in [4.69, 9.17) is 0 Å². The van der Waals surface area contributed by atoms with Crippen molar-refractivity contribution in [3.63, 3.8) is 0 Å². The van der Waals surface area contributed by atoms with E-state index >= 15 is 0 Å². The molecule has 4 aromatic rings. The van der Waals surface area contributed by atoms with Crippen LogP contribution in [0.25, 0.3) is 22.3 Å². The molecule has 0 radical (unpaired) electrons. The van der Waals surface area contributed by atoms with E-state index in [-0.39, 0.29) is 46.9 Å². The van der Waals surface area contributed by atoms with E-state index < -0.39 is 23.9 Å². The lowest BCUT2D eigenvalue weighted by atomic mass is 10.1. The van der Waals surface area contributed by atoms with E-state index in [2.05, 4.69) is 42.0 Å². The predicted molar refractivity (Wildman–Crippen MR) is 139 cm³/mol. The second kappa shape index (κ2) is 10.4. The van der Waals surface area contributed by atoms with Gasteiger partial charge in [-0.25, -0.2) is 28.7 Å². The SMILES string of the molecule is CCN1CCN(Cc2ccc(Nc3ncc(F)c(-c4cc(F)c5nc6n(c5c4)C(C(F)(F)F)CC6)n3)nc2)CC1. The van der Waals surface area contributed by atoms with Gasteiger partial charge < -0.3 is 14.8 Å². The van der Waals surface area contributed by atoms with Crippen molar-refractivity contribution in [3.05, 3.63) is 59.7 Å². The molecule has 6 rings (SSSR count). The van der Waals surface area contributed by atoms with Gasteiger partial charge in [0.15, 0.2) is 11.6 Å². The van der Waals surface area contributed by atoms with Gasteiger partial charge in [0.2, 0.25) is 5.95 Å². The lowest BCUT2D eigenvalue weighted by Crippen LogP contribution is -2.45. The number of hydrogen-bond donors (Lipinski definition) is 1. The van der Waals surface area contributed by atoms with Gasteiger partial charge in [-0.05, 0) is 36.7 Å². The number of benzene rings is 1. The molecule has 40 heavy (non-hydrogen) atoms. The second-order valence-electron chi connectivity index (χ2n) is 10.1. The molecule has 1 N–H and O–H groups in total. The molecule has 0 bridgehead atoms. The number of likely N-dealkylation sites (N-methyl/N-ethyl adjacent to an activating group) is 1. The maximum atomic E-state index is 15.0. The Hall–Kier alpha value is -3.71. The van der Waals surface area contributed by atoms with E-state index in [9.17, 15) is 22.0 Å². The number of imidazole rings is 1. The van der Waals surface area contributed by atoms with Gasteiger partial charge in [-0.1, -0.05) is 13.0 Å². The molecule has 210 valence electrons. The average Bonchev–Trinajstić information content (AvgIpc) is 3.52. The van der Waals surface area contributed by atoms with Crippen LogP contribution in [0.1, 0.15) is 30.8 Å². The third-order valence-electron chi connectivity index (χ3n) is 7.55. The lowest BCUT2D eigenvalue weighted by Gasteiger charge is -2.33. The van der Waals surface area contributed by atoms with Gasteiger partial charge in [-0.15, -0.1) is 0 Å². The van der Waals surface area contributed by atoms with Crippen LogP contribution in [0.4, 0.5) is 33.7 Å². The molecule has 13 heteroatoms. The van der Waals surface area contributed by atoms with E-state index in [0.717, 1.165) is 61.7 Å². The Morgan fingerprint density at radius 2 is 1.73 bits per heavy atom. The van der Waals surface area contributed by atoms with E-state index in [1.54, 1.807) is 12.3 Å². The number of alkyl halides is 3. The highest BCUT2D eigenvalue weighted by molar-refractivity contribution is 5.83. The molecule has 2 aliphatic rings. The third kappa shape index (κ3) is 5.10. The maximum absolute atomic E-state index is 15.0. The molecule has 0 spiro atoms.